The first-order valence-electron chi connectivity index (χ1n) is 5.88. The summed E-state index contributed by atoms with van der Waals surface area (Å²) in [6.07, 6.45) is 1.81. The number of carbonyl (C=O) groups excluding carboxylic acids is 1. The van der Waals surface area contributed by atoms with Crippen LogP contribution >= 0.6 is 22.4 Å². The predicted octanol–water partition coefficient (Wildman–Crippen LogP) is 2.57. The second-order valence-electron chi connectivity index (χ2n) is 4.03. The number of halogens is 1. The summed E-state index contributed by atoms with van der Waals surface area (Å²) in [7, 11) is 1.49. The van der Waals surface area contributed by atoms with Gasteiger partial charge in [-0.25, -0.2) is 8.42 Å². The minimum atomic E-state index is -3.77. The summed E-state index contributed by atoms with van der Waals surface area (Å²) in [6.45, 7) is 5.83. The second-order valence-corrected chi connectivity index (χ2v) is 7.75. The van der Waals surface area contributed by atoms with Crippen molar-refractivity contribution >= 4 is 37.4 Å². The Morgan fingerprint density at radius 3 is 2.75 bits per heavy atom. The molecule has 1 aromatic rings. The van der Waals surface area contributed by atoms with Gasteiger partial charge in [0.25, 0.3) is 15.0 Å². The summed E-state index contributed by atoms with van der Waals surface area (Å²) in [5.41, 5.74) is 1.02. The Labute approximate surface area is 128 Å². The van der Waals surface area contributed by atoms with E-state index < -0.39 is 9.05 Å². The second kappa shape index (κ2) is 7.71. The van der Waals surface area contributed by atoms with Gasteiger partial charge in [-0.05, 0) is 30.7 Å². The minimum absolute atomic E-state index is 0.00486. The predicted molar refractivity (Wildman–Crippen MR) is 84.1 cm³/mol. The SMILES string of the molecule is C=CCSCCNC(=O)c1ccc(S(=O)(=O)Cl)cc1C. The van der Waals surface area contributed by atoms with Crippen molar-refractivity contribution in [2.75, 3.05) is 18.1 Å². The number of nitrogens with one attached hydrogen (secondary N) is 1. The van der Waals surface area contributed by atoms with E-state index in [0.717, 1.165) is 11.5 Å². The normalized spacial score (nSPS) is 11.1. The van der Waals surface area contributed by atoms with Gasteiger partial charge in [-0.2, -0.15) is 11.8 Å². The fraction of sp³-hybridized carbons (Fsp3) is 0.308. The minimum Gasteiger partial charge on any atom is -0.351 e. The largest absolute Gasteiger partial charge is 0.351 e. The quantitative estimate of drug-likeness (QED) is 0.473. The van der Waals surface area contributed by atoms with Crippen molar-refractivity contribution < 1.29 is 13.2 Å². The summed E-state index contributed by atoms with van der Waals surface area (Å²) < 4.78 is 22.4. The van der Waals surface area contributed by atoms with E-state index in [2.05, 4.69) is 11.9 Å². The number of aryl methyl sites for hydroxylation is 1. The smallest absolute Gasteiger partial charge is 0.261 e. The Morgan fingerprint density at radius 2 is 2.20 bits per heavy atom. The summed E-state index contributed by atoms with van der Waals surface area (Å²) in [5.74, 6) is 1.42. The number of benzene rings is 1. The highest BCUT2D eigenvalue weighted by Gasteiger charge is 2.14. The Balaban J connectivity index is 2.68. The van der Waals surface area contributed by atoms with Crippen LogP contribution in [0.5, 0.6) is 0 Å². The molecule has 4 nitrogen and oxygen atoms in total. The molecule has 0 spiro atoms. The lowest BCUT2D eigenvalue weighted by molar-refractivity contribution is 0.0955. The van der Waals surface area contributed by atoms with Crippen LogP contribution in [0.3, 0.4) is 0 Å². The molecule has 0 aliphatic carbocycles. The van der Waals surface area contributed by atoms with Crippen LogP contribution in [-0.4, -0.2) is 32.4 Å². The van der Waals surface area contributed by atoms with Gasteiger partial charge in [-0.1, -0.05) is 6.08 Å². The van der Waals surface area contributed by atoms with Crippen molar-refractivity contribution in [1.29, 1.82) is 0 Å². The lowest BCUT2D eigenvalue weighted by atomic mass is 10.1. The lowest BCUT2D eigenvalue weighted by Gasteiger charge is -2.08. The molecule has 0 fully saturated rings. The van der Waals surface area contributed by atoms with E-state index in [1.165, 1.54) is 18.2 Å². The first-order valence-corrected chi connectivity index (χ1v) is 9.35. The topological polar surface area (TPSA) is 63.2 Å². The zero-order chi connectivity index (χ0) is 15.2. The Morgan fingerprint density at radius 1 is 1.50 bits per heavy atom. The number of rotatable bonds is 7. The van der Waals surface area contributed by atoms with E-state index in [1.54, 1.807) is 18.7 Å². The Kier molecular flexibility index (Phi) is 6.58. The van der Waals surface area contributed by atoms with Gasteiger partial charge in [0.05, 0.1) is 4.90 Å². The molecule has 0 unspecified atom stereocenters. The molecule has 0 heterocycles. The van der Waals surface area contributed by atoms with Gasteiger partial charge in [0, 0.05) is 34.3 Å². The number of hydrogen-bond donors (Lipinski definition) is 1. The highest BCUT2D eigenvalue weighted by Crippen LogP contribution is 2.18. The molecule has 0 aliphatic heterocycles. The first kappa shape index (κ1) is 17.1. The van der Waals surface area contributed by atoms with Crippen molar-refractivity contribution in [2.45, 2.75) is 11.8 Å². The van der Waals surface area contributed by atoms with Crippen LogP contribution in [0.4, 0.5) is 0 Å². The van der Waals surface area contributed by atoms with Crippen molar-refractivity contribution in [3.8, 4) is 0 Å². The molecule has 1 rings (SSSR count). The maximum absolute atomic E-state index is 11.9. The number of carbonyl (C=O) groups is 1. The number of amides is 1. The number of thioether (sulfide) groups is 1. The van der Waals surface area contributed by atoms with E-state index in [9.17, 15) is 13.2 Å². The van der Waals surface area contributed by atoms with E-state index in [-0.39, 0.29) is 10.8 Å². The van der Waals surface area contributed by atoms with E-state index in [0.29, 0.717) is 17.7 Å². The summed E-state index contributed by atoms with van der Waals surface area (Å²) in [5, 5.41) is 2.78. The fourth-order valence-corrected chi connectivity index (χ4v) is 2.96. The highest BCUT2D eigenvalue weighted by molar-refractivity contribution is 8.13. The van der Waals surface area contributed by atoms with Crippen molar-refractivity contribution in [3.63, 3.8) is 0 Å². The third-order valence-corrected chi connectivity index (χ3v) is 4.81. The molecule has 20 heavy (non-hydrogen) atoms. The average molecular weight is 334 g/mol. The van der Waals surface area contributed by atoms with Crippen LogP contribution in [-0.2, 0) is 9.05 Å². The van der Waals surface area contributed by atoms with E-state index in [4.69, 9.17) is 10.7 Å². The van der Waals surface area contributed by atoms with E-state index in [1.807, 2.05) is 6.08 Å². The van der Waals surface area contributed by atoms with Crippen molar-refractivity contribution in [3.05, 3.63) is 42.0 Å². The highest BCUT2D eigenvalue weighted by atomic mass is 35.7. The van der Waals surface area contributed by atoms with Crippen molar-refractivity contribution in [1.82, 2.24) is 5.32 Å². The van der Waals surface area contributed by atoms with Gasteiger partial charge in [-0.15, -0.1) is 6.58 Å². The molecule has 0 saturated carbocycles. The standard InChI is InChI=1S/C13H16ClNO3S2/c1-3-7-19-8-6-15-13(16)12-5-4-11(9-10(12)2)20(14,17)18/h3-5,9H,1,6-8H2,2H3,(H,15,16). The van der Waals surface area contributed by atoms with Crippen LogP contribution in [0.15, 0.2) is 35.7 Å². The summed E-state index contributed by atoms with van der Waals surface area (Å²) in [6, 6.07) is 4.19. The van der Waals surface area contributed by atoms with Gasteiger partial charge in [0.15, 0.2) is 0 Å². The van der Waals surface area contributed by atoms with Crippen LogP contribution < -0.4 is 5.32 Å². The van der Waals surface area contributed by atoms with Crippen LogP contribution in [0.2, 0.25) is 0 Å². The Hall–Kier alpha value is -0.980. The van der Waals surface area contributed by atoms with Crippen LogP contribution in [0, 0.1) is 6.92 Å². The van der Waals surface area contributed by atoms with Gasteiger partial charge in [0.1, 0.15) is 0 Å². The summed E-state index contributed by atoms with van der Waals surface area (Å²) in [4.78, 5) is 11.9. The van der Waals surface area contributed by atoms with Crippen LogP contribution in [0.1, 0.15) is 15.9 Å². The van der Waals surface area contributed by atoms with Crippen molar-refractivity contribution in [2.24, 2.45) is 0 Å². The van der Waals surface area contributed by atoms with Gasteiger partial charge in [0.2, 0.25) is 0 Å². The zero-order valence-electron chi connectivity index (χ0n) is 11.1. The lowest BCUT2D eigenvalue weighted by Crippen LogP contribution is -2.26. The fourth-order valence-electron chi connectivity index (χ4n) is 1.54. The molecule has 0 saturated heterocycles. The third kappa shape index (κ3) is 5.19. The first-order chi connectivity index (χ1) is 9.36. The molecule has 7 heteroatoms. The molecular formula is C13H16ClNO3S2. The Bertz CT molecular complexity index is 600. The van der Waals surface area contributed by atoms with Gasteiger partial charge in [-0.3, -0.25) is 4.79 Å². The molecule has 1 aromatic carbocycles. The van der Waals surface area contributed by atoms with E-state index >= 15 is 0 Å². The van der Waals surface area contributed by atoms with Gasteiger partial charge < -0.3 is 5.32 Å². The maximum atomic E-state index is 11.9. The maximum Gasteiger partial charge on any atom is 0.261 e. The summed E-state index contributed by atoms with van der Waals surface area (Å²) >= 11 is 1.67. The molecule has 0 bridgehead atoms. The molecule has 0 atom stereocenters. The zero-order valence-corrected chi connectivity index (χ0v) is 13.4. The van der Waals surface area contributed by atoms with Gasteiger partial charge >= 0.3 is 0 Å². The third-order valence-electron chi connectivity index (χ3n) is 2.49. The molecule has 0 radical (unpaired) electrons. The molecular weight excluding hydrogens is 318 g/mol. The molecule has 1 amide bonds. The van der Waals surface area contributed by atoms with Crippen LogP contribution in [0.25, 0.3) is 0 Å². The molecule has 110 valence electrons. The molecule has 0 aliphatic rings. The average Bonchev–Trinajstić information content (AvgIpc) is 2.37. The monoisotopic (exact) mass is 333 g/mol. The molecule has 1 N–H and O–H groups in total. The molecule has 0 aromatic heterocycles. The number of hydrogen-bond acceptors (Lipinski definition) is 4.